The zero-order valence-corrected chi connectivity index (χ0v) is 16.4. The number of ether oxygens (including phenoxy) is 1. The summed E-state index contributed by atoms with van der Waals surface area (Å²) in [6.45, 7) is -0.786. The summed E-state index contributed by atoms with van der Waals surface area (Å²) in [5.41, 5.74) is 4.24. The van der Waals surface area contributed by atoms with E-state index >= 15 is 0 Å². The Labute approximate surface area is 173 Å². The van der Waals surface area contributed by atoms with E-state index in [4.69, 9.17) is 22.1 Å². The number of alkyl halides is 3. The third kappa shape index (κ3) is 4.65. The molecule has 1 aromatic carbocycles. The number of nitrogens with one attached hydrogen (secondary N) is 1. The minimum Gasteiger partial charge on any atom is -0.396 e. The lowest BCUT2D eigenvalue weighted by Crippen LogP contribution is -2.29. The van der Waals surface area contributed by atoms with Gasteiger partial charge < -0.3 is 15.8 Å². The van der Waals surface area contributed by atoms with Gasteiger partial charge in [0.2, 0.25) is 0 Å². The first-order valence-corrected chi connectivity index (χ1v) is 9.06. The Morgan fingerprint density at radius 2 is 1.97 bits per heavy atom. The summed E-state index contributed by atoms with van der Waals surface area (Å²) >= 11 is 6.04. The molecule has 0 atom stereocenters. The van der Waals surface area contributed by atoms with Crippen LogP contribution >= 0.6 is 11.6 Å². The molecule has 0 spiro atoms. The highest BCUT2D eigenvalue weighted by molar-refractivity contribution is 6.33. The highest BCUT2D eigenvalue weighted by Crippen LogP contribution is 2.32. The number of pyridine rings is 2. The molecule has 30 heavy (non-hydrogen) atoms. The van der Waals surface area contributed by atoms with Gasteiger partial charge in [-0.3, -0.25) is 9.36 Å². The van der Waals surface area contributed by atoms with Crippen LogP contribution < -0.4 is 16.6 Å². The van der Waals surface area contributed by atoms with E-state index in [2.05, 4.69) is 10.3 Å². The number of benzene rings is 1. The van der Waals surface area contributed by atoms with E-state index in [9.17, 15) is 22.4 Å². The number of halogens is 5. The fourth-order valence-corrected chi connectivity index (χ4v) is 3.20. The van der Waals surface area contributed by atoms with Crippen molar-refractivity contribution in [3.8, 4) is 11.1 Å². The molecule has 0 radical (unpaired) electrons. The molecule has 0 aliphatic heterocycles. The van der Waals surface area contributed by atoms with Crippen LogP contribution in [-0.2, 0) is 11.3 Å². The molecule has 0 aliphatic rings. The smallest absolute Gasteiger partial charge is 0.396 e. The van der Waals surface area contributed by atoms with Crippen molar-refractivity contribution in [2.45, 2.75) is 12.7 Å². The van der Waals surface area contributed by atoms with Crippen molar-refractivity contribution >= 4 is 34.0 Å². The molecule has 11 heteroatoms. The predicted molar refractivity (Wildman–Crippen MR) is 107 cm³/mol. The van der Waals surface area contributed by atoms with Gasteiger partial charge in [0.1, 0.15) is 18.2 Å². The number of nitrogen functional groups attached to an aromatic ring is 1. The summed E-state index contributed by atoms with van der Waals surface area (Å²) < 4.78 is 58.8. The number of rotatable bonds is 6. The molecule has 0 saturated heterocycles. The molecule has 0 amide bonds. The van der Waals surface area contributed by atoms with E-state index < -0.39 is 24.1 Å². The first kappa shape index (κ1) is 21.8. The van der Waals surface area contributed by atoms with Gasteiger partial charge >= 0.3 is 6.18 Å². The van der Waals surface area contributed by atoms with Crippen LogP contribution in [0.3, 0.4) is 0 Å². The van der Waals surface area contributed by atoms with E-state index in [0.29, 0.717) is 17.7 Å². The van der Waals surface area contributed by atoms with Crippen molar-refractivity contribution in [1.29, 1.82) is 0 Å². The quantitative estimate of drug-likeness (QED) is 0.340. The second-order valence-corrected chi connectivity index (χ2v) is 6.87. The lowest BCUT2D eigenvalue weighted by atomic mass is 10.0. The van der Waals surface area contributed by atoms with Crippen molar-refractivity contribution in [2.75, 3.05) is 31.3 Å². The largest absolute Gasteiger partial charge is 0.406 e. The fourth-order valence-electron chi connectivity index (χ4n) is 2.95. The average Bonchev–Trinajstić information content (AvgIpc) is 2.66. The van der Waals surface area contributed by atoms with Crippen molar-refractivity contribution in [1.82, 2.24) is 9.55 Å². The van der Waals surface area contributed by atoms with Crippen LogP contribution in [-0.4, -0.2) is 36.0 Å². The highest BCUT2D eigenvalue weighted by atomic mass is 35.5. The van der Waals surface area contributed by atoms with Gasteiger partial charge in [0, 0.05) is 42.4 Å². The maximum atomic E-state index is 13.6. The van der Waals surface area contributed by atoms with Gasteiger partial charge in [0.15, 0.2) is 0 Å². The Balaban J connectivity index is 2.24. The fraction of sp³-hybridized carbons (Fsp3) is 0.263. The third-order valence-electron chi connectivity index (χ3n) is 4.30. The lowest BCUT2D eigenvalue weighted by molar-refractivity contribution is -0.140. The molecule has 3 aromatic rings. The average molecular weight is 445 g/mol. The van der Waals surface area contributed by atoms with E-state index in [1.165, 1.54) is 25.4 Å². The van der Waals surface area contributed by atoms with Crippen LogP contribution in [0.5, 0.6) is 0 Å². The van der Waals surface area contributed by atoms with Gasteiger partial charge in [0.25, 0.3) is 5.56 Å². The minimum absolute atomic E-state index is 0.0284. The number of nitrogens with two attached hydrogens (primary N) is 1. The summed E-state index contributed by atoms with van der Waals surface area (Å²) in [5.74, 6) is -0.514. The van der Waals surface area contributed by atoms with Crippen LogP contribution in [0, 0.1) is 5.82 Å². The number of methoxy groups -OCH3 is 1. The maximum Gasteiger partial charge on any atom is 0.406 e. The Hall–Kier alpha value is -2.85. The molecule has 3 rings (SSSR count). The molecule has 2 aromatic heterocycles. The first-order chi connectivity index (χ1) is 14.1. The number of anilines is 2. The minimum atomic E-state index is -4.66. The Morgan fingerprint density at radius 1 is 1.23 bits per heavy atom. The number of aromatic nitrogens is 2. The van der Waals surface area contributed by atoms with Crippen molar-refractivity contribution in [3.63, 3.8) is 0 Å². The Bertz CT molecular complexity index is 1150. The molecule has 6 nitrogen and oxygen atoms in total. The normalized spacial score (nSPS) is 11.8. The Kier molecular flexibility index (Phi) is 6.18. The molecule has 0 bridgehead atoms. The van der Waals surface area contributed by atoms with Crippen LogP contribution in [0.15, 0.2) is 35.3 Å². The van der Waals surface area contributed by atoms with E-state index in [0.717, 1.165) is 12.1 Å². The van der Waals surface area contributed by atoms with Gasteiger partial charge in [-0.15, -0.1) is 0 Å². The molecule has 0 saturated carbocycles. The lowest BCUT2D eigenvalue weighted by Gasteiger charge is -2.16. The van der Waals surface area contributed by atoms with E-state index in [-0.39, 0.29) is 38.6 Å². The second-order valence-electron chi connectivity index (χ2n) is 6.47. The molecule has 2 heterocycles. The monoisotopic (exact) mass is 444 g/mol. The van der Waals surface area contributed by atoms with Crippen LogP contribution in [0.1, 0.15) is 0 Å². The second kappa shape index (κ2) is 8.49. The number of nitrogens with zero attached hydrogens (tertiary/aromatic N) is 2. The van der Waals surface area contributed by atoms with Gasteiger partial charge in [0.05, 0.1) is 22.8 Å². The summed E-state index contributed by atoms with van der Waals surface area (Å²) in [6, 6.07) is 4.73. The topological polar surface area (TPSA) is 82.2 Å². The van der Waals surface area contributed by atoms with E-state index in [1.54, 1.807) is 0 Å². The van der Waals surface area contributed by atoms with Crippen LogP contribution in [0.25, 0.3) is 22.0 Å². The summed E-state index contributed by atoms with van der Waals surface area (Å²) in [7, 11) is 1.51. The Morgan fingerprint density at radius 3 is 2.63 bits per heavy atom. The van der Waals surface area contributed by atoms with Crippen molar-refractivity contribution in [3.05, 3.63) is 51.7 Å². The molecular weight excluding hydrogens is 428 g/mol. The summed E-state index contributed by atoms with van der Waals surface area (Å²) in [4.78, 5) is 17.1. The molecule has 3 N–H and O–H groups in total. The predicted octanol–water partition coefficient (Wildman–Crippen LogP) is 4.06. The standard InChI is InChI=1S/C19H17ClF4N4O2/c1-30-3-2-26-17-7-16-10(8-27-17)4-12(18(29)28(16)9-19(22,23)24)11-5-15(25)14(21)6-13(11)20/h4-8H,2-3,9,25H2,1H3,(H,26,27). The molecule has 0 unspecified atom stereocenters. The molecular formula is C19H17ClF4N4O2. The molecule has 0 aliphatic carbocycles. The molecule has 160 valence electrons. The number of hydrogen-bond donors (Lipinski definition) is 2. The SMILES string of the molecule is COCCNc1cc2c(cn1)cc(-c1cc(N)c(F)cc1Cl)c(=O)n2CC(F)(F)F. The summed E-state index contributed by atoms with van der Waals surface area (Å²) in [5, 5.41) is 3.02. The zero-order valence-electron chi connectivity index (χ0n) is 15.7. The zero-order chi connectivity index (χ0) is 22.1. The van der Waals surface area contributed by atoms with Crippen molar-refractivity contribution in [2.24, 2.45) is 0 Å². The van der Waals surface area contributed by atoms with Crippen LogP contribution in [0.2, 0.25) is 5.02 Å². The van der Waals surface area contributed by atoms with Crippen molar-refractivity contribution < 1.29 is 22.3 Å². The van der Waals surface area contributed by atoms with Gasteiger partial charge in [-0.25, -0.2) is 9.37 Å². The maximum absolute atomic E-state index is 13.6. The summed E-state index contributed by atoms with van der Waals surface area (Å²) in [6.07, 6.45) is -3.32. The first-order valence-electron chi connectivity index (χ1n) is 8.69. The van der Waals surface area contributed by atoms with Gasteiger partial charge in [-0.05, 0) is 18.2 Å². The number of hydrogen-bond acceptors (Lipinski definition) is 5. The highest BCUT2D eigenvalue weighted by Gasteiger charge is 2.30. The van der Waals surface area contributed by atoms with E-state index in [1.807, 2.05) is 0 Å². The van der Waals surface area contributed by atoms with Crippen LogP contribution in [0.4, 0.5) is 29.1 Å². The van der Waals surface area contributed by atoms with Gasteiger partial charge in [-0.2, -0.15) is 13.2 Å². The van der Waals surface area contributed by atoms with Gasteiger partial charge in [-0.1, -0.05) is 11.6 Å². The number of fused-ring (bicyclic) bond motifs is 1. The molecule has 0 fully saturated rings. The third-order valence-corrected chi connectivity index (χ3v) is 4.62.